The Balaban J connectivity index is 1.59. The van der Waals surface area contributed by atoms with Crippen molar-refractivity contribution in [3.8, 4) is 17.2 Å². The number of nitrogens with one attached hydrogen (secondary N) is 1. The number of benzene rings is 2. The second-order valence-electron chi connectivity index (χ2n) is 4.81. The number of hydrogen-bond donors (Lipinski definition) is 2. The number of phenols is 1. The predicted molar refractivity (Wildman–Crippen MR) is 92.9 cm³/mol. The molecule has 0 saturated heterocycles. The number of halogens is 1. The van der Waals surface area contributed by atoms with E-state index in [4.69, 9.17) is 9.47 Å². The van der Waals surface area contributed by atoms with E-state index in [0.29, 0.717) is 15.1 Å². The van der Waals surface area contributed by atoms with Crippen LogP contribution in [0.4, 0.5) is 0 Å². The molecule has 1 amide bonds. The molecule has 0 fully saturated rings. The number of ether oxygens (including phenoxy) is 2. The zero-order valence-electron chi connectivity index (χ0n) is 11.9. The van der Waals surface area contributed by atoms with Crippen LogP contribution in [0.2, 0.25) is 0 Å². The number of carbonyl (C=O) groups is 1. The van der Waals surface area contributed by atoms with E-state index in [1.165, 1.54) is 6.21 Å². The van der Waals surface area contributed by atoms with Crippen molar-refractivity contribution >= 4 is 34.7 Å². The third-order valence-electron chi connectivity index (χ3n) is 3.16. The van der Waals surface area contributed by atoms with Crippen LogP contribution in [0.1, 0.15) is 5.56 Å². The van der Waals surface area contributed by atoms with Gasteiger partial charge in [-0.05, 0) is 58.5 Å². The standard InChI is InChI=1S/C16H13IN2O4/c17-11-7-10(5-6-12(11)20)8-18-19-16(21)15-9-22-13-3-1-2-4-14(13)23-15/h1-8,15,20H,9H2,(H,19,21). The van der Waals surface area contributed by atoms with Crippen molar-refractivity contribution < 1.29 is 19.4 Å². The van der Waals surface area contributed by atoms with Gasteiger partial charge in [0.2, 0.25) is 6.10 Å². The van der Waals surface area contributed by atoms with E-state index in [9.17, 15) is 9.90 Å². The second kappa shape index (κ2) is 6.86. The van der Waals surface area contributed by atoms with Crippen molar-refractivity contribution in [2.75, 3.05) is 6.61 Å². The second-order valence-corrected chi connectivity index (χ2v) is 5.97. The van der Waals surface area contributed by atoms with Crippen LogP contribution >= 0.6 is 22.6 Å². The van der Waals surface area contributed by atoms with Gasteiger partial charge in [0.05, 0.1) is 9.78 Å². The first kappa shape index (κ1) is 15.6. The van der Waals surface area contributed by atoms with Gasteiger partial charge in [-0.2, -0.15) is 5.10 Å². The molecule has 2 aromatic rings. The number of nitrogens with zero attached hydrogens (tertiary/aromatic N) is 1. The summed E-state index contributed by atoms with van der Waals surface area (Å²) in [5.74, 6) is 0.983. The maximum absolute atomic E-state index is 12.0. The van der Waals surface area contributed by atoms with E-state index in [1.54, 1.807) is 30.3 Å². The lowest BCUT2D eigenvalue weighted by Crippen LogP contribution is -2.42. The largest absolute Gasteiger partial charge is 0.507 e. The molecule has 0 spiro atoms. The first-order valence-corrected chi connectivity index (χ1v) is 7.91. The summed E-state index contributed by atoms with van der Waals surface area (Å²) in [7, 11) is 0. The molecule has 1 aliphatic rings. The smallest absolute Gasteiger partial charge is 0.284 e. The number of amides is 1. The third kappa shape index (κ3) is 3.73. The van der Waals surface area contributed by atoms with Crippen LogP contribution in [-0.4, -0.2) is 29.9 Å². The van der Waals surface area contributed by atoms with Gasteiger partial charge >= 0.3 is 0 Å². The molecule has 0 aliphatic carbocycles. The number of hydrazone groups is 1. The summed E-state index contributed by atoms with van der Waals surface area (Å²) >= 11 is 2.02. The Labute approximate surface area is 146 Å². The van der Waals surface area contributed by atoms with E-state index in [-0.39, 0.29) is 18.3 Å². The summed E-state index contributed by atoms with van der Waals surface area (Å²) in [5, 5.41) is 13.4. The molecule has 0 aromatic heterocycles. The Morgan fingerprint density at radius 2 is 2.09 bits per heavy atom. The summed E-state index contributed by atoms with van der Waals surface area (Å²) in [6.45, 7) is 0.134. The average Bonchev–Trinajstić information content (AvgIpc) is 2.57. The Kier molecular flexibility index (Phi) is 4.65. The lowest BCUT2D eigenvalue weighted by atomic mass is 10.2. The van der Waals surface area contributed by atoms with Crippen molar-refractivity contribution in [3.05, 3.63) is 51.6 Å². The van der Waals surface area contributed by atoms with Gasteiger partial charge in [0.15, 0.2) is 11.5 Å². The van der Waals surface area contributed by atoms with Crippen molar-refractivity contribution in [1.82, 2.24) is 5.43 Å². The maximum atomic E-state index is 12.0. The van der Waals surface area contributed by atoms with Gasteiger partial charge in [-0.1, -0.05) is 12.1 Å². The Hall–Kier alpha value is -2.29. The quantitative estimate of drug-likeness (QED) is 0.450. The average molecular weight is 424 g/mol. The van der Waals surface area contributed by atoms with E-state index in [0.717, 1.165) is 5.56 Å². The van der Waals surface area contributed by atoms with Gasteiger partial charge in [-0.15, -0.1) is 0 Å². The van der Waals surface area contributed by atoms with Crippen LogP contribution in [0.15, 0.2) is 47.6 Å². The molecule has 23 heavy (non-hydrogen) atoms. The molecule has 118 valence electrons. The summed E-state index contributed by atoms with van der Waals surface area (Å²) in [4.78, 5) is 12.0. The van der Waals surface area contributed by atoms with Crippen molar-refractivity contribution in [1.29, 1.82) is 0 Å². The summed E-state index contributed by atoms with van der Waals surface area (Å²) in [5.41, 5.74) is 3.19. The van der Waals surface area contributed by atoms with Gasteiger partial charge in [0.25, 0.3) is 5.91 Å². The highest BCUT2D eigenvalue weighted by Gasteiger charge is 2.26. The number of rotatable bonds is 3. The summed E-state index contributed by atoms with van der Waals surface area (Å²) < 4.78 is 11.8. The highest BCUT2D eigenvalue weighted by atomic mass is 127. The van der Waals surface area contributed by atoms with E-state index >= 15 is 0 Å². The number of aromatic hydroxyl groups is 1. The highest BCUT2D eigenvalue weighted by molar-refractivity contribution is 14.1. The zero-order valence-corrected chi connectivity index (χ0v) is 14.1. The molecule has 7 heteroatoms. The van der Waals surface area contributed by atoms with Gasteiger partial charge in [-0.3, -0.25) is 4.79 Å². The van der Waals surface area contributed by atoms with Crippen LogP contribution in [-0.2, 0) is 4.79 Å². The van der Waals surface area contributed by atoms with Gasteiger partial charge in [-0.25, -0.2) is 5.43 Å². The monoisotopic (exact) mass is 424 g/mol. The van der Waals surface area contributed by atoms with Crippen LogP contribution in [0, 0.1) is 3.57 Å². The maximum Gasteiger partial charge on any atom is 0.284 e. The lowest BCUT2D eigenvalue weighted by Gasteiger charge is -2.24. The molecule has 1 atom stereocenters. The number of phenolic OH excluding ortho intramolecular Hbond substituents is 1. The molecule has 6 nitrogen and oxygen atoms in total. The number of fused-ring (bicyclic) bond motifs is 1. The van der Waals surface area contributed by atoms with Crippen molar-refractivity contribution in [2.45, 2.75) is 6.10 Å². The molecule has 1 unspecified atom stereocenters. The molecular formula is C16H13IN2O4. The summed E-state index contributed by atoms with van der Waals surface area (Å²) in [6, 6.07) is 12.2. The van der Waals surface area contributed by atoms with E-state index in [1.807, 2.05) is 34.7 Å². The third-order valence-corrected chi connectivity index (χ3v) is 4.03. The zero-order chi connectivity index (χ0) is 16.2. The van der Waals surface area contributed by atoms with Crippen molar-refractivity contribution in [2.24, 2.45) is 5.10 Å². The fourth-order valence-electron chi connectivity index (χ4n) is 1.99. The SMILES string of the molecule is O=C(NN=Cc1ccc(O)c(I)c1)C1COc2ccccc2O1. The molecule has 2 N–H and O–H groups in total. The van der Waals surface area contributed by atoms with Gasteiger partial charge < -0.3 is 14.6 Å². The highest BCUT2D eigenvalue weighted by Crippen LogP contribution is 2.30. The molecular weight excluding hydrogens is 411 g/mol. The van der Waals surface area contributed by atoms with Crippen LogP contribution in [0.5, 0.6) is 17.2 Å². The Morgan fingerprint density at radius 1 is 1.30 bits per heavy atom. The number of hydrogen-bond acceptors (Lipinski definition) is 5. The molecule has 1 aliphatic heterocycles. The van der Waals surface area contributed by atoms with Crippen molar-refractivity contribution in [3.63, 3.8) is 0 Å². The minimum Gasteiger partial charge on any atom is -0.507 e. The predicted octanol–water partition coefficient (Wildman–Crippen LogP) is 2.29. The van der Waals surface area contributed by atoms with Crippen LogP contribution in [0.3, 0.4) is 0 Å². The number of para-hydroxylation sites is 2. The minimum atomic E-state index is -0.748. The molecule has 1 heterocycles. The molecule has 0 bridgehead atoms. The van der Waals surface area contributed by atoms with Crippen LogP contribution < -0.4 is 14.9 Å². The summed E-state index contributed by atoms with van der Waals surface area (Å²) in [6.07, 6.45) is 0.749. The van der Waals surface area contributed by atoms with Gasteiger partial charge in [0, 0.05) is 0 Å². The van der Waals surface area contributed by atoms with E-state index < -0.39 is 6.10 Å². The Bertz CT molecular complexity index is 763. The topological polar surface area (TPSA) is 80.2 Å². The van der Waals surface area contributed by atoms with Crippen LogP contribution in [0.25, 0.3) is 0 Å². The molecule has 0 saturated carbocycles. The normalized spacial score (nSPS) is 16.3. The number of carbonyl (C=O) groups excluding carboxylic acids is 1. The first-order valence-electron chi connectivity index (χ1n) is 6.83. The molecule has 0 radical (unpaired) electrons. The first-order chi connectivity index (χ1) is 11.1. The van der Waals surface area contributed by atoms with Gasteiger partial charge in [0.1, 0.15) is 12.4 Å². The fraction of sp³-hybridized carbons (Fsp3) is 0.125. The minimum absolute atomic E-state index is 0.134. The Morgan fingerprint density at radius 3 is 2.87 bits per heavy atom. The fourth-order valence-corrected chi connectivity index (χ4v) is 2.53. The molecule has 3 rings (SSSR count). The van der Waals surface area contributed by atoms with E-state index in [2.05, 4.69) is 10.5 Å². The molecule has 2 aromatic carbocycles. The lowest BCUT2D eigenvalue weighted by molar-refractivity contribution is -0.130.